The molecule has 0 spiro atoms. The van der Waals surface area contributed by atoms with E-state index < -0.39 is 16.4 Å². The van der Waals surface area contributed by atoms with Crippen LogP contribution in [0.3, 0.4) is 0 Å². The van der Waals surface area contributed by atoms with Crippen molar-refractivity contribution < 1.29 is 13.7 Å². The SMILES string of the molecule is O=[N+]([O-])c1ccc(NCc2ccc(I)o2)cc1F. The van der Waals surface area contributed by atoms with Gasteiger partial charge in [0.2, 0.25) is 5.82 Å². The molecule has 0 bridgehead atoms. The zero-order chi connectivity index (χ0) is 13.1. The first kappa shape index (κ1) is 12.8. The van der Waals surface area contributed by atoms with Gasteiger partial charge in [-0.3, -0.25) is 10.1 Å². The molecule has 2 rings (SSSR count). The van der Waals surface area contributed by atoms with Gasteiger partial charge in [0.25, 0.3) is 0 Å². The summed E-state index contributed by atoms with van der Waals surface area (Å²) in [7, 11) is 0. The van der Waals surface area contributed by atoms with Crippen molar-refractivity contribution in [2.45, 2.75) is 6.54 Å². The maximum absolute atomic E-state index is 13.3. The largest absolute Gasteiger partial charge is 0.454 e. The second kappa shape index (κ2) is 5.34. The van der Waals surface area contributed by atoms with Crippen molar-refractivity contribution in [1.82, 2.24) is 0 Å². The third-order valence-corrected chi connectivity index (χ3v) is 2.82. The molecule has 0 radical (unpaired) electrons. The Morgan fingerprint density at radius 2 is 2.17 bits per heavy atom. The molecule has 0 aliphatic carbocycles. The van der Waals surface area contributed by atoms with Gasteiger partial charge in [-0.15, -0.1) is 0 Å². The van der Waals surface area contributed by atoms with Crippen LogP contribution in [0.2, 0.25) is 0 Å². The van der Waals surface area contributed by atoms with E-state index in [-0.39, 0.29) is 0 Å². The first-order valence-electron chi connectivity index (χ1n) is 4.98. The van der Waals surface area contributed by atoms with Crippen LogP contribution in [0.15, 0.2) is 34.7 Å². The Morgan fingerprint density at radius 3 is 2.72 bits per heavy atom. The lowest BCUT2D eigenvalue weighted by Gasteiger charge is -2.04. The number of hydrogen-bond acceptors (Lipinski definition) is 4. The van der Waals surface area contributed by atoms with Crippen LogP contribution >= 0.6 is 22.6 Å². The van der Waals surface area contributed by atoms with Gasteiger partial charge in [-0.1, -0.05) is 0 Å². The number of nitrogens with zero attached hydrogens (tertiary/aromatic N) is 1. The second-order valence-corrected chi connectivity index (χ2v) is 4.55. The van der Waals surface area contributed by atoms with Crippen molar-refractivity contribution in [3.8, 4) is 0 Å². The molecule has 0 saturated heterocycles. The first-order valence-corrected chi connectivity index (χ1v) is 6.06. The highest BCUT2D eigenvalue weighted by Gasteiger charge is 2.13. The van der Waals surface area contributed by atoms with Crippen molar-refractivity contribution in [2.75, 3.05) is 5.32 Å². The number of anilines is 1. The van der Waals surface area contributed by atoms with Gasteiger partial charge < -0.3 is 9.73 Å². The Morgan fingerprint density at radius 1 is 1.39 bits per heavy atom. The topological polar surface area (TPSA) is 68.3 Å². The smallest absolute Gasteiger partial charge is 0.304 e. The molecule has 0 atom stereocenters. The molecule has 1 aromatic heterocycles. The third-order valence-electron chi connectivity index (χ3n) is 2.24. The molecule has 94 valence electrons. The molecular weight excluding hydrogens is 354 g/mol. The molecule has 7 heteroatoms. The molecule has 18 heavy (non-hydrogen) atoms. The molecule has 0 amide bonds. The summed E-state index contributed by atoms with van der Waals surface area (Å²) in [5.74, 6) is -0.155. The molecule has 0 fully saturated rings. The fourth-order valence-electron chi connectivity index (χ4n) is 1.40. The van der Waals surface area contributed by atoms with Crippen molar-refractivity contribution in [1.29, 1.82) is 0 Å². The average Bonchev–Trinajstić information content (AvgIpc) is 2.72. The van der Waals surface area contributed by atoms with Crippen molar-refractivity contribution in [3.05, 3.63) is 55.8 Å². The third kappa shape index (κ3) is 2.97. The van der Waals surface area contributed by atoms with Crippen LogP contribution in [-0.2, 0) is 6.54 Å². The number of nitro benzene ring substituents is 1. The van der Waals surface area contributed by atoms with E-state index in [9.17, 15) is 14.5 Å². The van der Waals surface area contributed by atoms with Crippen molar-refractivity contribution in [2.24, 2.45) is 0 Å². The summed E-state index contributed by atoms with van der Waals surface area (Å²) in [6.07, 6.45) is 0. The van der Waals surface area contributed by atoms with Gasteiger partial charge >= 0.3 is 5.69 Å². The average molecular weight is 362 g/mol. The molecule has 0 aliphatic rings. The molecule has 0 aliphatic heterocycles. The standard InChI is InChI=1S/C11H8FIN2O3/c12-9-5-7(1-3-10(9)15(16)17)14-6-8-2-4-11(13)18-8/h1-5,14H,6H2. The lowest BCUT2D eigenvalue weighted by molar-refractivity contribution is -0.387. The number of furan rings is 1. The van der Waals surface area contributed by atoms with E-state index in [4.69, 9.17) is 4.42 Å². The Balaban J connectivity index is 2.06. The maximum atomic E-state index is 13.3. The second-order valence-electron chi connectivity index (χ2n) is 3.48. The minimum atomic E-state index is -0.862. The Hall–Kier alpha value is -1.64. The van der Waals surface area contributed by atoms with Gasteiger partial charge in [0, 0.05) is 17.8 Å². The van der Waals surface area contributed by atoms with Gasteiger partial charge in [0.05, 0.1) is 11.5 Å². The number of benzene rings is 1. The van der Waals surface area contributed by atoms with Gasteiger partial charge in [-0.05, 0) is 40.8 Å². The van der Waals surface area contributed by atoms with Crippen molar-refractivity contribution in [3.63, 3.8) is 0 Å². The predicted octanol–water partition coefficient (Wildman–Crippen LogP) is 3.54. The summed E-state index contributed by atoms with van der Waals surface area (Å²) in [6.45, 7) is 0.389. The van der Waals surface area contributed by atoms with Crippen LogP contribution in [0, 0.1) is 19.7 Å². The number of rotatable bonds is 4. The summed E-state index contributed by atoms with van der Waals surface area (Å²) in [5, 5.41) is 13.4. The zero-order valence-electron chi connectivity index (χ0n) is 9.02. The van der Waals surface area contributed by atoms with E-state index >= 15 is 0 Å². The fraction of sp³-hybridized carbons (Fsp3) is 0.0909. The van der Waals surface area contributed by atoms with Crippen LogP contribution in [0.5, 0.6) is 0 Å². The van der Waals surface area contributed by atoms with Crippen LogP contribution in [-0.4, -0.2) is 4.92 Å². The number of hydrogen-bond donors (Lipinski definition) is 1. The van der Waals surface area contributed by atoms with E-state index in [1.165, 1.54) is 6.07 Å². The predicted molar refractivity (Wildman–Crippen MR) is 71.8 cm³/mol. The highest BCUT2D eigenvalue weighted by atomic mass is 127. The number of nitro groups is 1. The van der Waals surface area contributed by atoms with Crippen LogP contribution in [0.4, 0.5) is 15.8 Å². The van der Waals surface area contributed by atoms with Crippen molar-refractivity contribution >= 4 is 34.0 Å². The lowest BCUT2D eigenvalue weighted by atomic mass is 10.2. The molecule has 0 unspecified atom stereocenters. The Labute approximate surface area is 115 Å². The molecule has 1 aromatic carbocycles. The van der Waals surface area contributed by atoms with E-state index in [2.05, 4.69) is 5.32 Å². The zero-order valence-corrected chi connectivity index (χ0v) is 11.2. The molecule has 1 N–H and O–H groups in total. The minimum absolute atomic E-state index is 0.389. The van der Waals surface area contributed by atoms with E-state index in [1.54, 1.807) is 6.07 Å². The summed E-state index contributed by atoms with van der Waals surface area (Å²) in [4.78, 5) is 9.69. The van der Waals surface area contributed by atoms with Gasteiger partial charge in [0.15, 0.2) is 3.77 Å². The fourth-order valence-corrected chi connectivity index (χ4v) is 1.86. The Kier molecular flexibility index (Phi) is 3.80. The summed E-state index contributed by atoms with van der Waals surface area (Å²) in [6, 6.07) is 7.29. The van der Waals surface area contributed by atoms with E-state index in [1.807, 2.05) is 28.7 Å². The molecular formula is C11H8FIN2O3. The maximum Gasteiger partial charge on any atom is 0.304 e. The number of nitrogens with one attached hydrogen (secondary N) is 1. The van der Waals surface area contributed by atoms with Crippen LogP contribution < -0.4 is 5.32 Å². The van der Waals surface area contributed by atoms with E-state index in [0.717, 1.165) is 15.9 Å². The monoisotopic (exact) mass is 362 g/mol. The van der Waals surface area contributed by atoms with Gasteiger partial charge in [0.1, 0.15) is 5.76 Å². The number of halogens is 2. The summed E-state index contributed by atoms with van der Waals surface area (Å²) >= 11 is 2.04. The van der Waals surface area contributed by atoms with Crippen LogP contribution in [0.25, 0.3) is 0 Å². The van der Waals surface area contributed by atoms with Gasteiger partial charge in [-0.25, -0.2) is 0 Å². The molecule has 0 saturated carbocycles. The molecule has 1 heterocycles. The summed E-state index contributed by atoms with van der Waals surface area (Å²) in [5.41, 5.74) is -0.0717. The summed E-state index contributed by atoms with van der Waals surface area (Å²) < 4.78 is 19.4. The first-order chi connectivity index (χ1) is 8.56. The normalized spacial score (nSPS) is 10.3. The lowest BCUT2D eigenvalue weighted by Crippen LogP contribution is -2.00. The van der Waals surface area contributed by atoms with Gasteiger partial charge in [-0.2, -0.15) is 4.39 Å². The quantitative estimate of drug-likeness (QED) is 0.513. The highest BCUT2D eigenvalue weighted by Crippen LogP contribution is 2.21. The molecule has 5 nitrogen and oxygen atoms in total. The van der Waals surface area contributed by atoms with E-state index in [0.29, 0.717) is 18.0 Å². The van der Waals surface area contributed by atoms with Crippen LogP contribution in [0.1, 0.15) is 5.76 Å². The Bertz CT molecular complexity index is 585. The molecule has 2 aromatic rings. The minimum Gasteiger partial charge on any atom is -0.454 e. The highest BCUT2D eigenvalue weighted by molar-refractivity contribution is 14.1.